The third-order valence-electron chi connectivity index (χ3n) is 3.42. The average Bonchev–Trinajstić information content (AvgIpc) is 2.38. The van der Waals surface area contributed by atoms with Crippen LogP contribution in [0.15, 0.2) is 24.3 Å². The van der Waals surface area contributed by atoms with Crippen LogP contribution < -0.4 is 10.6 Å². The summed E-state index contributed by atoms with van der Waals surface area (Å²) in [6.45, 7) is 8.14. The summed E-state index contributed by atoms with van der Waals surface area (Å²) >= 11 is 0. The number of benzene rings is 1. The maximum atomic E-state index is 11.9. The lowest BCUT2D eigenvalue weighted by atomic mass is 10.0. The highest BCUT2D eigenvalue weighted by atomic mass is 16.3. The standard InChI is InChI=1S/C17H28N2O2/c1-12(2)7-5-8-13(3)18-17(21)19-16-10-6-9-15(11-16)14(4)20/h6,9-14,20H,5,7-8H2,1-4H3,(H2,18,19,21). The summed E-state index contributed by atoms with van der Waals surface area (Å²) in [6.07, 6.45) is 2.75. The van der Waals surface area contributed by atoms with E-state index in [1.54, 1.807) is 13.0 Å². The summed E-state index contributed by atoms with van der Waals surface area (Å²) < 4.78 is 0. The summed E-state index contributed by atoms with van der Waals surface area (Å²) in [5.74, 6) is 0.703. The van der Waals surface area contributed by atoms with Crippen molar-refractivity contribution in [2.24, 2.45) is 5.92 Å². The summed E-state index contributed by atoms with van der Waals surface area (Å²) in [4.78, 5) is 11.9. The number of rotatable bonds is 7. The highest BCUT2D eigenvalue weighted by Gasteiger charge is 2.08. The zero-order chi connectivity index (χ0) is 15.8. The first kappa shape index (κ1) is 17.5. The molecule has 4 nitrogen and oxygen atoms in total. The topological polar surface area (TPSA) is 61.4 Å². The van der Waals surface area contributed by atoms with Crippen molar-refractivity contribution in [2.45, 2.75) is 59.1 Å². The van der Waals surface area contributed by atoms with Crippen LogP contribution in [0.1, 0.15) is 58.6 Å². The van der Waals surface area contributed by atoms with Gasteiger partial charge in [-0.3, -0.25) is 0 Å². The highest BCUT2D eigenvalue weighted by Crippen LogP contribution is 2.17. The molecule has 0 aliphatic rings. The average molecular weight is 292 g/mol. The van der Waals surface area contributed by atoms with Gasteiger partial charge in [-0.05, 0) is 43.9 Å². The number of aliphatic hydroxyl groups is 1. The predicted octanol–water partition coefficient (Wildman–Crippen LogP) is 4.08. The van der Waals surface area contributed by atoms with E-state index < -0.39 is 6.10 Å². The molecular weight excluding hydrogens is 264 g/mol. The lowest BCUT2D eigenvalue weighted by molar-refractivity contribution is 0.199. The zero-order valence-corrected chi connectivity index (χ0v) is 13.5. The number of nitrogens with one attached hydrogen (secondary N) is 2. The molecule has 0 saturated heterocycles. The number of amides is 2. The molecular formula is C17H28N2O2. The molecule has 0 aromatic heterocycles. The zero-order valence-electron chi connectivity index (χ0n) is 13.5. The highest BCUT2D eigenvalue weighted by molar-refractivity contribution is 5.89. The van der Waals surface area contributed by atoms with Gasteiger partial charge in [-0.1, -0.05) is 38.8 Å². The van der Waals surface area contributed by atoms with E-state index in [-0.39, 0.29) is 12.1 Å². The van der Waals surface area contributed by atoms with Crippen molar-refractivity contribution in [3.63, 3.8) is 0 Å². The number of carbonyl (C=O) groups excluding carboxylic acids is 1. The van der Waals surface area contributed by atoms with Crippen LogP contribution in [0.25, 0.3) is 0 Å². The van der Waals surface area contributed by atoms with Crippen LogP contribution in [-0.2, 0) is 0 Å². The molecule has 0 saturated carbocycles. The molecule has 2 atom stereocenters. The molecule has 3 N–H and O–H groups in total. The molecule has 1 aromatic carbocycles. The molecule has 0 radical (unpaired) electrons. The van der Waals surface area contributed by atoms with E-state index in [0.717, 1.165) is 18.4 Å². The van der Waals surface area contributed by atoms with E-state index >= 15 is 0 Å². The van der Waals surface area contributed by atoms with Gasteiger partial charge in [0.05, 0.1) is 6.10 Å². The minimum Gasteiger partial charge on any atom is -0.389 e. The van der Waals surface area contributed by atoms with Crippen LogP contribution >= 0.6 is 0 Å². The molecule has 0 heterocycles. The van der Waals surface area contributed by atoms with Crippen molar-refractivity contribution < 1.29 is 9.90 Å². The van der Waals surface area contributed by atoms with E-state index in [9.17, 15) is 9.90 Å². The Bertz CT molecular complexity index is 444. The Hall–Kier alpha value is -1.55. The second kappa shape index (κ2) is 8.67. The fourth-order valence-corrected chi connectivity index (χ4v) is 2.17. The maximum absolute atomic E-state index is 11.9. The first-order chi connectivity index (χ1) is 9.88. The Labute approximate surface area is 128 Å². The van der Waals surface area contributed by atoms with Gasteiger partial charge in [-0.15, -0.1) is 0 Å². The van der Waals surface area contributed by atoms with Gasteiger partial charge in [0.25, 0.3) is 0 Å². The van der Waals surface area contributed by atoms with Crippen LogP contribution in [0.2, 0.25) is 0 Å². The third kappa shape index (κ3) is 7.14. The molecule has 4 heteroatoms. The predicted molar refractivity (Wildman–Crippen MR) is 87.4 cm³/mol. The van der Waals surface area contributed by atoms with E-state index in [1.807, 2.05) is 25.1 Å². The van der Waals surface area contributed by atoms with Gasteiger partial charge in [0.15, 0.2) is 0 Å². The fourth-order valence-electron chi connectivity index (χ4n) is 2.17. The smallest absolute Gasteiger partial charge is 0.319 e. The van der Waals surface area contributed by atoms with Gasteiger partial charge in [0.1, 0.15) is 0 Å². The molecule has 0 bridgehead atoms. The van der Waals surface area contributed by atoms with Crippen LogP contribution in [-0.4, -0.2) is 17.2 Å². The third-order valence-corrected chi connectivity index (χ3v) is 3.42. The van der Waals surface area contributed by atoms with Gasteiger partial charge < -0.3 is 15.7 Å². The number of hydrogen-bond acceptors (Lipinski definition) is 2. The number of anilines is 1. The van der Waals surface area contributed by atoms with Crippen LogP contribution in [0, 0.1) is 5.92 Å². The molecule has 2 amide bonds. The largest absolute Gasteiger partial charge is 0.389 e. The summed E-state index contributed by atoms with van der Waals surface area (Å²) in [5, 5.41) is 15.3. The van der Waals surface area contributed by atoms with Crippen molar-refractivity contribution in [3.8, 4) is 0 Å². The summed E-state index contributed by atoms with van der Waals surface area (Å²) in [6, 6.07) is 7.22. The van der Waals surface area contributed by atoms with Crippen molar-refractivity contribution in [1.82, 2.24) is 5.32 Å². The van der Waals surface area contributed by atoms with E-state index in [1.165, 1.54) is 6.42 Å². The fraction of sp³-hybridized carbons (Fsp3) is 0.588. The number of hydrogen-bond donors (Lipinski definition) is 3. The van der Waals surface area contributed by atoms with Crippen molar-refractivity contribution in [2.75, 3.05) is 5.32 Å². The Kier molecular flexibility index (Phi) is 7.23. The van der Waals surface area contributed by atoms with E-state index in [0.29, 0.717) is 11.6 Å². The SMILES string of the molecule is CC(C)CCCC(C)NC(=O)Nc1cccc(C(C)O)c1. The van der Waals surface area contributed by atoms with Gasteiger partial charge in [-0.2, -0.15) is 0 Å². The minimum absolute atomic E-state index is 0.156. The van der Waals surface area contributed by atoms with Gasteiger partial charge in [0, 0.05) is 11.7 Å². The molecule has 0 aliphatic heterocycles. The second-order valence-corrected chi connectivity index (χ2v) is 6.13. The molecule has 1 rings (SSSR count). The van der Waals surface area contributed by atoms with E-state index in [4.69, 9.17) is 0 Å². The quantitative estimate of drug-likeness (QED) is 0.709. The Balaban J connectivity index is 2.41. The first-order valence-corrected chi connectivity index (χ1v) is 7.74. The van der Waals surface area contributed by atoms with E-state index in [2.05, 4.69) is 24.5 Å². The Morgan fingerprint density at radius 1 is 1.19 bits per heavy atom. The molecule has 1 aromatic rings. The van der Waals surface area contributed by atoms with Gasteiger partial charge in [-0.25, -0.2) is 4.79 Å². The van der Waals surface area contributed by atoms with Gasteiger partial charge >= 0.3 is 6.03 Å². The molecule has 0 aliphatic carbocycles. The number of carbonyl (C=O) groups is 1. The second-order valence-electron chi connectivity index (χ2n) is 6.13. The van der Waals surface area contributed by atoms with Crippen molar-refractivity contribution in [3.05, 3.63) is 29.8 Å². The normalized spacial score (nSPS) is 13.8. The molecule has 0 spiro atoms. The molecule has 0 fully saturated rings. The van der Waals surface area contributed by atoms with Crippen molar-refractivity contribution >= 4 is 11.7 Å². The van der Waals surface area contributed by atoms with Gasteiger partial charge in [0.2, 0.25) is 0 Å². The Morgan fingerprint density at radius 2 is 1.90 bits per heavy atom. The minimum atomic E-state index is -0.537. The Morgan fingerprint density at radius 3 is 2.52 bits per heavy atom. The lowest BCUT2D eigenvalue weighted by Gasteiger charge is -2.15. The molecule has 21 heavy (non-hydrogen) atoms. The summed E-state index contributed by atoms with van der Waals surface area (Å²) in [7, 11) is 0. The van der Waals surface area contributed by atoms with Crippen molar-refractivity contribution in [1.29, 1.82) is 0 Å². The van der Waals surface area contributed by atoms with Crippen LogP contribution in [0.5, 0.6) is 0 Å². The maximum Gasteiger partial charge on any atom is 0.319 e. The summed E-state index contributed by atoms with van der Waals surface area (Å²) in [5.41, 5.74) is 1.48. The molecule has 2 unspecified atom stereocenters. The van der Waals surface area contributed by atoms with Crippen LogP contribution in [0.3, 0.4) is 0 Å². The molecule has 118 valence electrons. The van der Waals surface area contributed by atoms with Crippen LogP contribution in [0.4, 0.5) is 10.5 Å². The number of urea groups is 1. The first-order valence-electron chi connectivity index (χ1n) is 7.74. The number of aliphatic hydroxyl groups excluding tert-OH is 1. The lowest BCUT2D eigenvalue weighted by Crippen LogP contribution is -2.36. The monoisotopic (exact) mass is 292 g/mol.